The molecule has 1 saturated heterocycles. The highest BCUT2D eigenvalue weighted by molar-refractivity contribution is 7.99. The van der Waals surface area contributed by atoms with Crippen LogP contribution >= 0.6 is 11.8 Å². The SMILES string of the molecule is CSc1nc2cc(C(=O)Nc3ccccc3)ccn2c1S(=O)(=O)N1CCC(F)(F)CC1. The number of hydrogen-bond donors (Lipinski definition) is 1. The fraction of sp³-hybridized carbons (Fsp3) is 0.300. The fourth-order valence-corrected chi connectivity index (χ4v) is 6.01. The molecule has 0 atom stereocenters. The number of benzene rings is 1. The Balaban J connectivity index is 1.68. The fourth-order valence-electron chi connectivity index (χ4n) is 3.41. The highest BCUT2D eigenvalue weighted by Gasteiger charge is 2.40. The van der Waals surface area contributed by atoms with Crippen LogP contribution in [0.2, 0.25) is 0 Å². The minimum atomic E-state index is -4.04. The molecule has 1 amide bonds. The van der Waals surface area contributed by atoms with Crippen LogP contribution in [0.15, 0.2) is 58.7 Å². The second-order valence-corrected chi connectivity index (χ2v) is 9.80. The molecule has 7 nitrogen and oxygen atoms in total. The van der Waals surface area contributed by atoms with Crippen LogP contribution in [0, 0.1) is 0 Å². The number of anilines is 1. The number of aromatic nitrogens is 2. The molecule has 1 N–H and O–H groups in total. The molecule has 0 bridgehead atoms. The smallest absolute Gasteiger partial charge is 0.261 e. The zero-order valence-corrected chi connectivity index (χ0v) is 18.2. The number of carbonyl (C=O) groups is 1. The number of nitrogens with zero attached hydrogens (tertiary/aromatic N) is 3. The number of pyridine rings is 1. The zero-order valence-electron chi connectivity index (χ0n) is 16.6. The van der Waals surface area contributed by atoms with Gasteiger partial charge in [-0.25, -0.2) is 22.2 Å². The Labute approximate surface area is 182 Å². The van der Waals surface area contributed by atoms with Crippen LogP contribution in [0.4, 0.5) is 14.5 Å². The van der Waals surface area contributed by atoms with E-state index < -0.39 is 28.8 Å². The lowest BCUT2D eigenvalue weighted by Gasteiger charge is -2.30. The largest absolute Gasteiger partial charge is 0.322 e. The van der Waals surface area contributed by atoms with Crippen molar-refractivity contribution in [1.29, 1.82) is 0 Å². The number of sulfonamides is 1. The van der Waals surface area contributed by atoms with E-state index in [0.29, 0.717) is 11.3 Å². The summed E-state index contributed by atoms with van der Waals surface area (Å²) in [6.45, 7) is -0.512. The van der Waals surface area contributed by atoms with Crippen LogP contribution in [0.25, 0.3) is 5.65 Å². The van der Waals surface area contributed by atoms with Gasteiger partial charge in [0.05, 0.1) is 0 Å². The van der Waals surface area contributed by atoms with Crippen LogP contribution in [0.3, 0.4) is 0 Å². The molecule has 0 saturated carbocycles. The number of rotatable bonds is 5. The molecule has 1 aromatic carbocycles. The molecule has 3 heterocycles. The van der Waals surface area contributed by atoms with E-state index in [4.69, 9.17) is 0 Å². The molecule has 3 aromatic rings. The van der Waals surface area contributed by atoms with E-state index in [2.05, 4.69) is 10.3 Å². The van der Waals surface area contributed by atoms with Gasteiger partial charge in [0.15, 0.2) is 5.03 Å². The molecule has 2 aromatic heterocycles. The third kappa shape index (κ3) is 4.30. The van der Waals surface area contributed by atoms with E-state index in [9.17, 15) is 22.0 Å². The van der Waals surface area contributed by atoms with Crippen molar-refractivity contribution in [2.24, 2.45) is 0 Å². The maximum absolute atomic E-state index is 13.5. The Morgan fingerprint density at radius 1 is 1.16 bits per heavy atom. The Morgan fingerprint density at radius 2 is 1.84 bits per heavy atom. The lowest BCUT2D eigenvalue weighted by Crippen LogP contribution is -2.43. The Kier molecular flexibility index (Phi) is 5.75. The van der Waals surface area contributed by atoms with Gasteiger partial charge in [0.25, 0.3) is 21.9 Å². The molecule has 0 spiro atoms. The topological polar surface area (TPSA) is 83.8 Å². The van der Waals surface area contributed by atoms with Crippen LogP contribution in [-0.4, -0.2) is 53.3 Å². The van der Waals surface area contributed by atoms with E-state index in [1.54, 1.807) is 30.5 Å². The number of amides is 1. The summed E-state index contributed by atoms with van der Waals surface area (Å²) in [4.78, 5) is 16.9. The standard InChI is InChI=1S/C20H20F2N4O3S2/c1-30-18-19(31(28,29)25-11-8-20(21,22)9-12-25)26-10-7-14(13-16(26)24-18)17(27)23-15-5-3-2-4-6-15/h2-7,10,13H,8-9,11-12H2,1H3,(H,23,27). The summed E-state index contributed by atoms with van der Waals surface area (Å²) in [6.07, 6.45) is 2.13. The lowest BCUT2D eigenvalue weighted by molar-refractivity contribution is -0.0412. The molecule has 0 aliphatic carbocycles. The first-order valence-corrected chi connectivity index (χ1v) is 12.2. The predicted molar refractivity (Wildman–Crippen MR) is 114 cm³/mol. The summed E-state index contributed by atoms with van der Waals surface area (Å²) in [5.74, 6) is -3.21. The molecular weight excluding hydrogens is 446 g/mol. The molecular formula is C20H20F2N4O3S2. The first-order valence-electron chi connectivity index (χ1n) is 9.52. The summed E-state index contributed by atoms with van der Waals surface area (Å²) >= 11 is 1.14. The van der Waals surface area contributed by atoms with Gasteiger partial charge in [0.2, 0.25) is 0 Å². The van der Waals surface area contributed by atoms with Gasteiger partial charge in [-0.2, -0.15) is 4.31 Å². The van der Waals surface area contributed by atoms with Gasteiger partial charge in [-0.15, -0.1) is 11.8 Å². The number of fused-ring (bicyclic) bond motifs is 1. The first kappa shape index (κ1) is 21.7. The number of thioether (sulfide) groups is 1. The van der Waals surface area contributed by atoms with E-state index in [1.165, 1.54) is 22.7 Å². The summed E-state index contributed by atoms with van der Waals surface area (Å²) in [5, 5.41) is 2.94. The van der Waals surface area contributed by atoms with E-state index in [-0.39, 0.29) is 34.7 Å². The Hall–Kier alpha value is -2.50. The molecule has 11 heteroatoms. The highest BCUT2D eigenvalue weighted by Crippen LogP contribution is 2.34. The van der Waals surface area contributed by atoms with Crippen molar-refractivity contribution in [3.63, 3.8) is 0 Å². The zero-order chi connectivity index (χ0) is 22.2. The highest BCUT2D eigenvalue weighted by atomic mass is 32.2. The number of imidazole rings is 1. The number of alkyl halides is 2. The van der Waals surface area contributed by atoms with Crippen LogP contribution < -0.4 is 5.32 Å². The lowest BCUT2D eigenvalue weighted by atomic mass is 10.1. The van der Waals surface area contributed by atoms with Crippen molar-refractivity contribution < 1.29 is 22.0 Å². The minimum Gasteiger partial charge on any atom is -0.322 e. The maximum atomic E-state index is 13.5. The molecule has 4 rings (SSSR count). The van der Waals surface area contributed by atoms with Gasteiger partial charge in [0, 0.05) is 43.4 Å². The average molecular weight is 467 g/mol. The van der Waals surface area contributed by atoms with Crippen molar-refractivity contribution in [3.05, 3.63) is 54.2 Å². The van der Waals surface area contributed by atoms with Crippen molar-refractivity contribution in [2.75, 3.05) is 24.7 Å². The summed E-state index contributed by atoms with van der Waals surface area (Å²) in [5.41, 5.74) is 1.23. The van der Waals surface area contributed by atoms with E-state index in [1.807, 2.05) is 6.07 Å². The van der Waals surface area contributed by atoms with Gasteiger partial charge in [-0.3, -0.25) is 9.20 Å². The van der Waals surface area contributed by atoms with Crippen LogP contribution in [-0.2, 0) is 10.0 Å². The van der Waals surface area contributed by atoms with E-state index >= 15 is 0 Å². The van der Waals surface area contributed by atoms with Crippen molar-refractivity contribution >= 4 is 39.0 Å². The van der Waals surface area contributed by atoms with Gasteiger partial charge in [-0.1, -0.05) is 18.2 Å². The molecule has 0 radical (unpaired) electrons. The number of para-hydroxylation sites is 1. The normalized spacial score (nSPS) is 17.0. The van der Waals surface area contributed by atoms with Gasteiger partial charge >= 0.3 is 0 Å². The second kappa shape index (κ2) is 8.21. The van der Waals surface area contributed by atoms with Crippen molar-refractivity contribution in [2.45, 2.75) is 28.8 Å². The number of hydrogen-bond acceptors (Lipinski definition) is 5. The molecule has 1 fully saturated rings. The monoisotopic (exact) mass is 466 g/mol. The minimum absolute atomic E-state index is 0.0739. The van der Waals surface area contributed by atoms with Gasteiger partial charge in [0.1, 0.15) is 10.7 Å². The van der Waals surface area contributed by atoms with Crippen LogP contribution in [0.5, 0.6) is 0 Å². The summed E-state index contributed by atoms with van der Waals surface area (Å²) < 4.78 is 55.9. The van der Waals surface area contributed by atoms with Gasteiger partial charge < -0.3 is 5.32 Å². The molecule has 31 heavy (non-hydrogen) atoms. The third-order valence-corrected chi connectivity index (χ3v) is 7.80. The van der Waals surface area contributed by atoms with Gasteiger partial charge in [-0.05, 0) is 30.5 Å². The maximum Gasteiger partial charge on any atom is 0.261 e. The number of carbonyl (C=O) groups excluding carboxylic acids is 1. The molecule has 1 aliphatic heterocycles. The third-order valence-electron chi connectivity index (χ3n) is 5.08. The van der Waals surface area contributed by atoms with Crippen LogP contribution in [0.1, 0.15) is 23.2 Å². The number of nitrogens with one attached hydrogen (secondary N) is 1. The van der Waals surface area contributed by atoms with Crippen molar-refractivity contribution in [1.82, 2.24) is 13.7 Å². The summed E-state index contributed by atoms with van der Waals surface area (Å²) in [7, 11) is -4.04. The first-order chi connectivity index (χ1) is 14.7. The average Bonchev–Trinajstić information content (AvgIpc) is 3.13. The Bertz CT molecular complexity index is 1220. The number of halogens is 2. The molecule has 1 aliphatic rings. The quantitative estimate of drug-likeness (QED) is 0.580. The van der Waals surface area contributed by atoms with E-state index in [0.717, 1.165) is 16.1 Å². The van der Waals surface area contributed by atoms with Crippen molar-refractivity contribution in [3.8, 4) is 0 Å². The summed E-state index contributed by atoms with van der Waals surface area (Å²) in [6, 6.07) is 11.9. The Morgan fingerprint density at radius 3 is 2.48 bits per heavy atom. The second-order valence-electron chi connectivity index (χ2n) is 7.15. The predicted octanol–water partition coefficient (Wildman–Crippen LogP) is 3.73. The molecule has 0 unspecified atom stereocenters. The molecule has 164 valence electrons. The number of piperidine rings is 1.